The molecule has 0 aliphatic carbocycles. The van der Waals surface area contributed by atoms with Crippen molar-refractivity contribution >= 4 is 23.5 Å². The van der Waals surface area contributed by atoms with Crippen molar-refractivity contribution in [1.82, 2.24) is 5.32 Å². The van der Waals surface area contributed by atoms with Gasteiger partial charge in [0, 0.05) is 12.2 Å². The van der Waals surface area contributed by atoms with Crippen molar-refractivity contribution in [3.8, 4) is 5.75 Å². The Morgan fingerprint density at radius 1 is 0.880 bits per heavy atom. The van der Waals surface area contributed by atoms with E-state index >= 15 is 0 Å². The van der Waals surface area contributed by atoms with Gasteiger partial charge in [0.15, 0.2) is 0 Å². The van der Waals surface area contributed by atoms with Crippen LogP contribution in [0, 0.1) is 0 Å². The Morgan fingerprint density at radius 2 is 1.52 bits per heavy atom. The molecular weight excluding hydrogens is 324 g/mol. The number of hydrogen-bond donors (Lipinski definition) is 2. The molecule has 0 aromatic heterocycles. The van der Waals surface area contributed by atoms with Gasteiger partial charge in [-0.1, -0.05) is 12.1 Å². The third-order valence-corrected chi connectivity index (χ3v) is 3.38. The summed E-state index contributed by atoms with van der Waals surface area (Å²) in [5, 5.41) is 4.99. The number of hydrogen-bond acceptors (Lipinski definition) is 5. The minimum atomic E-state index is -0.792. The van der Waals surface area contributed by atoms with Crippen LogP contribution >= 0.6 is 0 Å². The summed E-state index contributed by atoms with van der Waals surface area (Å²) in [6.07, 6.45) is 0. The maximum absolute atomic E-state index is 11.9. The van der Waals surface area contributed by atoms with Crippen molar-refractivity contribution in [2.24, 2.45) is 0 Å². The van der Waals surface area contributed by atoms with E-state index in [2.05, 4.69) is 15.4 Å². The molecule has 0 spiro atoms. The number of amides is 2. The lowest BCUT2D eigenvalue weighted by molar-refractivity contribution is -0.136. The summed E-state index contributed by atoms with van der Waals surface area (Å²) in [5.74, 6) is -1.31. The van der Waals surface area contributed by atoms with Gasteiger partial charge in [-0.3, -0.25) is 9.59 Å². The predicted molar refractivity (Wildman–Crippen MR) is 91.3 cm³/mol. The molecule has 130 valence electrons. The number of esters is 1. The van der Waals surface area contributed by atoms with Crippen LogP contribution in [-0.2, 0) is 20.9 Å². The Morgan fingerprint density at radius 3 is 2.08 bits per heavy atom. The number of carbonyl (C=O) groups is 3. The number of anilines is 1. The van der Waals surface area contributed by atoms with Crippen molar-refractivity contribution in [2.45, 2.75) is 6.54 Å². The van der Waals surface area contributed by atoms with E-state index in [1.807, 2.05) is 0 Å². The molecule has 25 heavy (non-hydrogen) atoms. The number of ether oxygens (including phenoxy) is 2. The molecule has 0 radical (unpaired) electrons. The zero-order valence-corrected chi connectivity index (χ0v) is 13.9. The molecule has 2 N–H and O–H groups in total. The molecule has 0 fully saturated rings. The van der Waals surface area contributed by atoms with Gasteiger partial charge in [-0.2, -0.15) is 0 Å². The molecular formula is C18H18N2O5. The minimum Gasteiger partial charge on any atom is -0.497 e. The lowest BCUT2D eigenvalue weighted by Crippen LogP contribution is -2.34. The summed E-state index contributed by atoms with van der Waals surface area (Å²) < 4.78 is 9.63. The second-order valence-corrected chi connectivity index (χ2v) is 5.05. The highest BCUT2D eigenvalue weighted by atomic mass is 16.5. The van der Waals surface area contributed by atoms with Gasteiger partial charge in [0.2, 0.25) is 0 Å². The lowest BCUT2D eigenvalue weighted by atomic mass is 10.2. The van der Waals surface area contributed by atoms with Crippen molar-refractivity contribution in [3.05, 3.63) is 59.7 Å². The van der Waals surface area contributed by atoms with Crippen LogP contribution in [0.15, 0.2) is 48.5 Å². The molecule has 0 aliphatic rings. The molecule has 0 atom stereocenters. The molecule has 0 aliphatic heterocycles. The number of nitrogens with one attached hydrogen (secondary N) is 2. The van der Waals surface area contributed by atoms with E-state index in [1.165, 1.54) is 31.4 Å². The van der Waals surface area contributed by atoms with Crippen molar-refractivity contribution in [1.29, 1.82) is 0 Å². The summed E-state index contributed by atoms with van der Waals surface area (Å²) in [5.41, 5.74) is 1.59. The van der Waals surface area contributed by atoms with Crippen LogP contribution in [0.5, 0.6) is 5.75 Å². The van der Waals surface area contributed by atoms with E-state index in [4.69, 9.17) is 4.74 Å². The first-order valence-electron chi connectivity index (χ1n) is 7.44. The summed E-state index contributed by atoms with van der Waals surface area (Å²) in [6, 6.07) is 13.1. The van der Waals surface area contributed by atoms with E-state index in [0.717, 1.165) is 5.56 Å². The van der Waals surface area contributed by atoms with Gasteiger partial charge < -0.3 is 20.1 Å². The largest absolute Gasteiger partial charge is 0.497 e. The van der Waals surface area contributed by atoms with E-state index in [1.54, 1.807) is 31.4 Å². The second kappa shape index (κ2) is 8.49. The van der Waals surface area contributed by atoms with Crippen molar-refractivity contribution in [2.75, 3.05) is 19.5 Å². The summed E-state index contributed by atoms with van der Waals surface area (Å²) in [6.45, 7) is 0.220. The second-order valence-electron chi connectivity index (χ2n) is 5.05. The summed E-state index contributed by atoms with van der Waals surface area (Å²) in [7, 11) is 2.85. The normalized spacial score (nSPS) is 9.84. The molecule has 2 aromatic carbocycles. The highest BCUT2D eigenvalue weighted by molar-refractivity contribution is 6.39. The Labute approximate surface area is 144 Å². The smallest absolute Gasteiger partial charge is 0.337 e. The minimum absolute atomic E-state index is 0.220. The maximum Gasteiger partial charge on any atom is 0.337 e. The van der Waals surface area contributed by atoms with Crippen molar-refractivity contribution < 1.29 is 23.9 Å². The monoisotopic (exact) mass is 342 g/mol. The number of benzene rings is 2. The van der Waals surface area contributed by atoms with Crippen LogP contribution < -0.4 is 15.4 Å². The average molecular weight is 342 g/mol. The Kier molecular flexibility index (Phi) is 6.11. The molecule has 2 amide bonds. The predicted octanol–water partition coefficient (Wildman–Crippen LogP) is 1.74. The maximum atomic E-state index is 11.9. The van der Waals surface area contributed by atoms with Gasteiger partial charge >= 0.3 is 17.8 Å². The lowest BCUT2D eigenvalue weighted by Gasteiger charge is -2.08. The van der Waals surface area contributed by atoms with E-state index in [9.17, 15) is 14.4 Å². The first-order chi connectivity index (χ1) is 12.0. The zero-order chi connectivity index (χ0) is 18.2. The fourth-order valence-corrected chi connectivity index (χ4v) is 2.00. The highest BCUT2D eigenvalue weighted by Gasteiger charge is 2.14. The molecule has 2 aromatic rings. The Hall–Kier alpha value is -3.35. The molecule has 0 bridgehead atoms. The average Bonchev–Trinajstić information content (AvgIpc) is 2.66. The van der Waals surface area contributed by atoms with Gasteiger partial charge in [-0.25, -0.2) is 4.79 Å². The summed E-state index contributed by atoms with van der Waals surface area (Å²) in [4.78, 5) is 35.1. The molecule has 0 unspecified atom stereocenters. The third-order valence-electron chi connectivity index (χ3n) is 3.38. The number of carbonyl (C=O) groups excluding carboxylic acids is 3. The van der Waals surface area contributed by atoms with E-state index in [-0.39, 0.29) is 6.54 Å². The summed E-state index contributed by atoms with van der Waals surface area (Å²) >= 11 is 0. The standard InChI is InChI=1S/C18H18N2O5/c1-24-15-9-3-12(4-10-15)11-19-16(21)17(22)20-14-7-5-13(6-8-14)18(23)25-2/h3-10H,11H2,1-2H3,(H,19,21)(H,20,22). The molecule has 0 heterocycles. The van der Waals surface area contributed by atoms with Gasteiger partial charge in [0.25, 0.3) is 0 Å². The SMILES string of the molecule is COC(=O)c1ccc(NC(=O)C(=O)NCc2ccc(OC)cc2)cc1. The quantitative estimate of drug-likeness (QED) is 0.638. The highest BCUT2D eigenvalue weighted by Crippen LogP contribution is 2.12. The molecule has 0 saturated carbocycles. The molecule has 7 heteroatoms. The van der Waals surface area contributed by atoms with Gasteiger partial charge in [-0.05, 0) is 42.0 Å². The number of rotatable bonds is 5. The first kappa shape index (κ1) is 18.0. The van der Waals surface area contributed by atoms with Gasteiger partial charge in [0.05, 0.1) is 19.8 Å². The topological polar surface area (TPSA) is 93.7 Å². The van der Waals surface area contributed by atoms with Crippen LogP contribution in [0.4, 0.5) is 5.69 Å². The van der Waals surface area contributed by atoms with E-state index < -0.39 is 17.8 Å². The zero-order valence-electron chi connectivity index (χ0n) is 13.9. The van der Waals surface area contributed by atoms with Crippen LogP contribution in [0.2, 0.25) is 0 Å². The fourth-order valence-electron chi connectivity index (χ4n) is 2.00. The molecule has 2 rings (SSSR count). The van der Waals surface area contributed by atoms with Crippen LogP contribution in [-0.4, -0.2) is 32.0 Å². The third kappa shape index (κ3) is 5.07. The Balaban J connectivity index is 1.87. The van der Waals surface area contributed by atoms with Crippen LogP contribution in [0.3, 0.4) is 0 Å². The van der Waals surface area contributed by atoms with Crippen molar-refractivity contribution in [3.63, 3.8) is 0 Å². The first-order valence-corrected chi connectivity index (χ1v) is 7.44. The van der Waals surface area contributed by atoms with E-state index in [0.29, 0.717) is 17.0 Å². The van der Waals surface area contributed by atoms with Gasteiger partial charge in [0.1, 0.15) is 5.75 Å². The van der Waals surface area contributed by atoms with Crippen LogP contribution in [0.25, 0.3) is 0 Å². The number of methoxy groups -OCH3 is 2. The van der Waals surface area contributed by atoms with Crippen LogP contribution in [0.1, 0.15) is 15.9 Å². The van der Waals surface area contributed by atoms with Gasteiger partial charge in [-0.15, -0.1) is 0 Å². The molecule has 7 nitrogen and oxygen atoms in total. The molecule has 0 saturated heterocycles. The Bertz CT molecular complexity index is 754. The fraction of sp³-hybridized carbons (Fsp3) is 0.167.